The molecule has 0 N–H and O–H groups in total. The Morgan fingerprint density at radius 2 is 2.00 bits per heavy atom. The summed E-state index contributed by atoms with van der Waals surface area (Å²) in [6, 6.07) is 17.2. The van der Waals surface area contributed by atoms with E-state index in [2.05, 4.69) is 23.1 Å². The lowest BCUT2D eigenvalue weighted by Crippen LogP contribution is -2.47. The summed E-state index contributed by atoms with van der Waals surface area (Å²) in [4.78, 5) is 18.3. The third kappa shape index (κ3) is 5.03. The van der Waals surface area contributed by atoms with E-state index in [-0.39, 0.29) is 17.8 Å². The Hall–Kier alpha value is -2.70. The largest absolute Gasteiger partial charge is 0.493 e. The highest BCUT2D eigenvalue weighted by molar-refractivity contribution is 7.12. The first kappa shape index (κ1) is 23.1. The van der Waals surface area contributed by atoms with Gasteiger partial charge in [-0.1, -0.05) is 36.4 Å². The Bertz CT molecular complexity index is 1130. The van der Waals surface area contributed by atoms with Gasteiger partial charge >= 0.3 is 0 Å². The molecule has 0 saturated carbocycles. The quantitative estimate of drug-likeness (QED) is 0.455. The van der Waals surface area contributed by atoms with Gasteiger partial charge in [0.05, 0.1) is 11.5 Å². The molecule has 2 aliphatic rings. The molecule has 178 valence electrons. The second-order valence-corrected chi connectivity index (χ2v) is 10.4. The average Bonchev–Trinajstić information content (AvgIpc) is 3.55. The number of hydrogen-bond donors (Lipinski definition) is 0. The molecule has 0 aliphatic carbocycles. The zero-order valence-corrected chi connectivity index (χ0v) is 20.4. The zero-order valence-electron chi connectivity index (χ0n) is 19.6. The van der Waals surface area contributed by atoms with Crippen LogP contribution in [0.4, 0.5) is 4.39 Å². The van der Waals surface area contributed by atoms with Crippen molar-refractivity contribution in [3.63, 3.8) is 0 Å². The van der Waals surface area contributed by atoms with E-state index >= 15 is 0 Å². The Labute approximate surface area is 205 Å². The van der Waals surface area contributed by atoms with E-state index in [0.717, 1.165) is 56.1 Å². The van der Waals surface area contributed by atoms with E-state index in [1.807, 2.05) is 41.6 Å². The van der Waals surface area contributed by atoms with Crippen LogP contribution in [0, 0.1) is 11.7 Å². The van der Waals surface area contributed by atoms with Crippen LogP contribution in [0.5, 0.6) is 5.75 Å². The fourth-order valence-electron chi connectivity index (χ4n) is 5.33. The minimum atomic E-state index is -0.192. The van der Waals surface area contributed by atoms with Crippen molar-refractivity contribution in [3.8, 4) is 5.75 Å². The van der Waals surface area contributed by atoms with Gasteiger partial charge in [0, 0.05) is 26.1 Å². The van der Waals surface area contributed by atoms with Crippen molar-refractivity contribution in [1.82, 2.24) is 9.80 Å². The molecule has 1 atom stereocenters. The van der Waals surface area contributed by atoms with Gasteiger partial charge in [0.15, 0.2) is 0 Å². The molecule has 1 saturated heterocycles. The Kier molecular flexibility index (Phi) is 6.97. The van der Waals surface area contributed by atoms with E-state index in [1.165, 1.54) is 28.5 Å². The lowest BCUT2D eigenvalue weighted by atomic mass is 9.84. The molecular weight excluding hydrogens is 447 g/mol. The smallest absolute Gasteiger partial charge is 0.263 e. The van der Waals surface area contributed by atoms with Crippen molar-refractivity contribution < 1.29 is 13.9 Å². The molecule has 1 fully saturated rings. The highest BCUT2D eigenvalue weighted by Gasteiger charge is 2.33. The van der Waals surface area contributed by atoms with Crippen LogP contribution >= 0.6 is 11.3 Å². The summed E-state index contributed by atoms with van der Waals surface area (Å²) >= 11 is 1.46. The molecule has 2 aliphatic heterocycles. The normalized spacial score (nSPS) is 17.2. The number of ether oxygens (including phenoxy) is 1. The van der Waals surface area contributed by atoms with Gasteiger partial charge < -0.3 is 9.64 Å². The average molecular weight is 479 g/mol. The zero-order chi connectivity index (χ0) is 23.5. The number of rotatable bonds is 7. The van der Waals surface area contributed by atoms with Crippen molar-refractivity contribution in [2.24, 2.45) is 5.92 Å². The number of likely N-dealkylation sites (tertiary alicyclic amines) is 1. The van der Waals surface area contributed by atoms with E-state index in [9.17, 15) is 9.18 Å². The predicted octanol–water partition coefficient (Wildman–Crippen LogP) is 5.42. The number of likely N-dealkylation sites (N-methyl/N-ethyl adjacent to an activating group) is 1. The molecule has 1 amide bonds. The number of amides is 1. The summed E-state index contributed by atoms with van der Waals surface area (Å²) in [6.07, 6.45) is 3.52. The van der Waals surface area contributed by atoms with Crippen molar-refractivity contribution in [2.75, 3.05) is 26.7 Å². The first-order chi connectivity index (χ1) is 16.6. The van der Waals surface area contributed by atoms with Crippen molar-refractivity contribution in [1.29, 1.82) is 0 Å². The highest BCUT2D eigenvalue weighted by Crippen LogP contribution is 2.30. The van der Waals surface area contributed by atoms with E-state index in [1.54, 1.807) is 6.07 Å². The lowest BCUT2D eigenvalue weighted by Gasteiger charge is -2.40. The minimum Gasteiger partial charge on any atom is -0.493 e. The van der Waals surface area contributed by atoms with Crippen LogP contribution in [0.15, 0.2) is 60.0 Å². The van der Waals surface area contributed by atoms with Gasteiger partial charge in [-0.2, -0.15) is 0 Å². The molecule has 1 aromatic heterocycles. The second-order valence-electron chi connectivity index (χ2n) is 9.41. The summed E-state index contributed by atoms with van der Waals surface area (Å²) < 4.78 is 20.2. The van der Waals surface area contributed by atoms with Crippen LogP contribution in [-0.4, -0.2) is 48.5 Å². The molecule has 0 bridgehead atoms. The van der Waals surface area contributed by atoms with Crippen LogP contribution in [0.2, 0.25) is 0 Å². The molecule has 2 aromatic carbocycles. The van der Waals surface area contributed by atoms with Gasteiger partial charge in [-0.3, -0.25) is 9.69 Å². The molecule has 3 heterocycles. The SMILES string of the molecule is CN(C(=O)c1cccs1)[C@H](Cc1ccccc1F)C1CCN(Cc2ccc3c(c2)CCO3)CC1. The first-order valence-electron chi connectivity index (χ1n) is 12.1. The van der Waals surface area contributed by atoms with Gasteiger partial charge in [0.25, 0.3) is 5.91 Å². The fourth-order valence-corrected chi connectivity index (χ4v) is 6.03. The van der Waals surface area contributed by atoms with Gasteiger partial charge in [0.1, 0.15) is 11.6 Å². The third-order valence-electron chi connectivity index (χ3n) is 7.27. The predicted molar refractivity (Wildman–Crippen MR) is 134 cm³/mol. The Morgan fingerprint density at radius 1 is 1.18 bits per heavy atom. The second kappa shape index (κ2) is 10.3. The van der Waals surface area contributed by atoms with Crippen LogP contribution in [0.3, 0.4) is 0 Å². The Balaban J connectivity index is 1.27. The number of carbonyl (C=O) groups excluding carboxylic acids is 1. The Morgan fingerprint density at radius 3 is 2.76 bits per heavy atom. The maximum absolute atomic E-state index is 14.5. The minimum absolute atomic E-state index is 0.0270. The molecule has 4 nitrogen and oxygen atoms in total. The van der Waals surface area contributed by atoms with Gasteiger partial charge in [0.2, 0.25) is 0 Å². The molecule has 3 aromatic rings. The van der Waals surface area contributed by atoms with Gasteiger partial charge in [-0.15, -0.1) is 11.3 Å². The standard InChI is InChI=1S/C28H31FN2O2S/c1-30(28(32)27-7-4-16-34-27)25(18-22-5-2-3-6-24(22)29)21-10-13-31(14-11-21)19-20-8-9-26-23(17-20)12-15-33-26/h2-9,16-17,21,25H,10-15,18-19H2,1H3/t25-/m1/s1. The molecule has 6 heteroatoms. The van der Waals surface area contributed by atoms with Gasteiger partial charge in [-0.25, -0.2) is 4.39 Å². The number of halogens is 1. The molecule has 0 spiro atoms. The van der Waals surface area contributed by atoms with Crippen molar-refractivity contribution in [3.05, 3.63) is 87.4 Å². The number of hydrogen-bond acceptors (Lipinski definition) is 4. The topological polar surface area (TPSA) is 32.8 Å². The maximum atomic E-state index is 14.5. The number of fused-ring (bicyclic) bond motifs is 1. The number of nitrogens with zero attached hydrogens (tertiary/aromatic N) is 2. The van der Waals surface area contributed by atoms with Crippen LogP contribution in [0.1, 0.15) is 39.2 Å². The molecule has 0 radical (unpaired) electrons. The molecule has 0 unspecified atom stereocenters. The fraction of sp³-hybridized carbons (Fsp3) is 0.393. The summed E-state index contributed by atoms with van der Waals surface area (Å²) in [5, 5.41) is 1.93. The van der Waals surface area contributed by atoms with E-state index in [4.69, 9.17) is 4.74 Å². The number of benzene rings is 2. The molecule has 34 heavy (non-hydrogen) atoms. The summed E-state index contributed by atoms with van der Waals surface area (Å²) in [6.45, 7) is 3.67. The summed E-state index contributed by atoms with van der Waals surface area (Å²) in [5.74, 6) is 1.19. The first-order valence-corrected chi connectivity index (χ1v) is 13.0. The summed E-state index contributed by atoms with van der Waals surface area (Å²) in [7, 11) is 1.88. The van der Waals surface area contributed by atoms with Crippen LogP contribution < -0.4 is 4.74 Å². The number of carbonyl (C=O) groups is 1. The lowest BCUT2D eigenvalue weighted by molar-refractivity contribution is 0.0588. The van der Waals surface area contributed by atoms with E-state index in [0.29, 0.717) is 17.9 Å². The molecule has 5 rings (SSSR count). The monoisotopic (exact) mass is 478 g/mol. The number of thiophene rings is 1. The van der Waals surface area contributed by atoms with Crippen molar-refractivity contribution in [2.45, 2.75) is 38.3 Å². The van der Waals surface area contributed by atoms with Crippen molar-refractivity contribution >= 4 is 17.2 Å². The van der Waals surface area contributed by atoms with Gasteiger partial charge in [-0.05, 0) is 78.5 Å². The van der Waals surface area contributed by atoms with Crippen LogP contribution in [0.25, 0.3) is 0 Å². The maximum Gasteiger partial charge on any atom is 0.263 e. The summed E-state index contributed by atoms with van der Waals surface area (Å²) in [5.41, 5.74) is 3.32. The highest BCUT2D eigenvalue weighted by atomic mass is 32.1. The third-order valence-corrected chi connectivity index (χ3v) is 8.13. The number of piperidine rings is 1. The van der Waals surface area contributed by atoms with E-state index < -0.39 is 0 Å². The van der Waals surface area contributed by atoms with Crippen LogP contribution in [-0.2, 0) is 19.4 Å². The molecular formula is C28H31FN2O2S.